The van der Waals surface area contributed by atoms with Crippen molar-refractivity contribution >= 4 is 11.7 Å². The van der Waals surface area contributed by atoms with Crippen molar-refractivity contribution in [3.63, 3.8) is 0 Å². The molecule has 2 amide bonds. The number of carbonyl (C=O) groups is 1. The van der Waals surface area contributed by atoms with Crippen molar-refractivity contribution in [2.24, 2.45) is 0 Å². The molecule has 1 N–H and O–H groups in total. The lowest BCUT2D eigenvalue weighted by Crippen LogP contribution is -2.50. The van der Waals surface area contributed by atoms with Gasteiger partial charge in [-0.15, -0.1) is 0 Å². The lowest BCUT2D eigenvalue weighted by Gasteiger charge is -2.34. The molecule has 0 aliphatic carbocycles. The summed E-state index contributed by atoms with van der Waals surface area (Å²) in [5.74, 6) is 0.686. The fourth-order valence-electron chi connectivity index (χ4n) is 3.22. The second-order valence-corrected chi connectivity index (χ2v) is 6.70. The molecule has 0 atom stereocenters. The molecule has 3 rings (SSSR count). The molecular weight excluding hydrogens is 326 g/mol. The molecule has 1 heterocycles. The zero-order valence-electron chi connectivity index (χ0n) is 15.6. The van der Waals surface area contributed by atoms with Crippen LogP contribution in [0.3, 0.4) is 0 Å². The Morgan fingerprint density at radius 1 is 1.08 bits per heavy atom. The van der Waals surface area contributed by atoms with Crippen LogP contribution in [0.25, 0.3) is 0 Å². The van der Waals surface area contributed by atoms with E-state index < -0.39 is 0 Å². The first-order valence-corrected chi connectivity index (χ1v) is 9.12. The summed E-state index contributed by atoms with van der Waals surface area (Å²) in [4.78, 5) is 16.9. The molecule has 1 aliphatic heterocycles. The molecule has 0 saturated carbocycles. The summed E-state index contributed by atoms with van der Waals surface area (Å²) in [6.45, 7) is 6.34. The first-order valence-electron chi connectivity index (χ1n) is 9.12. The molecule has 5 nitrogen and oxygen atoms in total. The molecule has 1 aliphatic rings. The topological polar surface area (TPSA) is 44.8 Å². The zero-order chi connectivity index (χ0) is 18.4. The van der Waals surface area contributed by atoms with Gasteiger partial charge in [-0.3, -0.25) is 4.90 Å². The highest BCUT2D eigenvalue weighted by Gasteiger charge is 2.21. The predicted molar refractivity (Wildman–Crippen MR) is 105 cm³/mol. The Balaban J connectivity index is 1.48. The average molecular weight is 353 g/mol. The minimum atomic E-state index is -0.0587. The fourth-order valence-corrected chi connectivity index (χ4v) is 3.22. The molecule has 0 spiro atoms. The number of anilines is 1. The van der Waals surface area contributed by atoms with Crippen molar-refractivity contribution in [3.8, 4) is 5.75 Å². The number of aryl methyl sites for hydroxylation is 1. The van der Waals surface area contributed by atoms with Gasteiger partial charge in [0.15, 0.2) is 0 Å². The predicted octanol–water partition coefficient (Wildman–Crippen LogP) is 3.40. The summed E-state index contributed by atoms with van der Waals surface area (Å²) in [5.41, 5.74) is 3.18. The van der Waals surface area contributed by atoms with Gasteiger partial charge in [0.05, 0.1) is 12.8 Å². The highest BCUT2D eigenvalue weighted by molar-refractivity contribution is 5.91. The van der Waals surface area contributed by atoms with Gasteiger partial charge in [0.2, 0.25) is 0 Å². The quantitative estimate of drug-likeness (QED) is 0.896. The standard InChI is InChI=1S/C21H27N3O2/c1-17-8-9-20(26-2)19(16-17)22-21(25)24-14-12-23(13-15-24)11-10-18-6-4-3-5-7-18/h3-9,16H,10-15H2,1-2H3,(H,22,25). The lowest BCUT2D eigenvalue weighted by molar-refractivity contribution is 0.148. The van der Waals surface area contributed by atoms with Crippen LogP contribution in [-0.2, 0) is 6.42 Å². The Morgan fingerprint density at radius 2 is 1.81 bits per heavy atom. The third kappa shape index (κ3) is 4.76. The van der Waals surface area contributed by atoms with Gasteiger partial charge in [0.1, 0.15) is 5.75 Å². The molecule has 1 saturated heterocycles. The van der Waals surface area contributed by atoms with E-state index in [1.54, 1.807) is 7.11 Å². The summed E-state index contributed by atoms with van der Waals surface area (Å²) in [6.07, 6.45) is 1.05. The van der Waals surface area contributed by atoms with Crippen LogP contribution >= 0.6 is 0 Å². The van der Waals surface area contributed by atoms with Crippen molar-refractivity contribution in [1.29, 1.82) is 0 Å². The molecule has 26 heavy (non-hydrogen) atoms. The largest absolute Gasteiger partial charge is 0.495 e. The first-order chi connectivity index (χ1) is 12.7. The van der Waals surface area contributed by atoms with E-state index in [0.29, 0.717) is 5.75 Å². The number of rotatable bonds is 5. The number of nitrogens with zero attached hydrogens (tertiary/aromatic N) is 2. The molecule has 1 fully saturated rings. The van der Waals surface area contributed by atoms with Gasteiger partial charge in [0, 0.05) is 32.7 Å². The van der Waals surface area contributed by atoms with Gasteiger partial charge in [-0.25, -0.2) is 4.79 Å². The second kappa shape index (κ2) is 8.72. The summed E-state index contributed by atoms with van der Waals surface area (Å²) < 4.78 is 5.34. The summed E-state index contributed by atoms with van der Waals surface area (Å²) >= 11 is 0. The lowest BCUT2D eigenvalue weighted by atomic mass is 10.1. The van der Waals surface area contributed by atoms with Crippen molar-refractivity contribution in [1.82, 2.24) is 9.80 Å². The van der Waals surface area contributed by atoms with Crippen LogP contribution in [-0.4, -0.2) is 55.7 Å². The number of ether oxygens (including phenoxy) is 1. The van der Waals surface area contributed by atoms with Gasteiger partial charge in [-0.2, -0.15) is 0 Å². The molecule has 2 aromatic rings. The van der Waals surface area contributed by atoms with Crippen molar-refractivity contribution in [2.45, 2.75) is 13.3 Å². The monoisotopic (exact) mass is 353 g/mol. The van der Waals surface area contributed by atoms with E-state index in [9.17, 15) is 4.79 Å². The number of nitrogens with one attached hydrogen (secondary N) is 1. The second-order valence-electron chi connectivity index (χ2n) is 6.70. The first kappa shape index (κ1) is 18.3. The van der Waals surface area contributed by atoms with E-state index in [2.05, 4.69) is 34.5 Å². The summed E-state index contributed by atoms with van der Waals surface area (Å²) in [5, 5.41) is 2.99. The van der Waals surface area contributed by atoms with Gasteiger partial charge in [0.25, 0.3) is 0 Å². The van der Waals surface area contributed by atoms with Gasteiger partial charge in [-0.1, -0.05) is 36.4 Å². The normalized spacial score (nSPS) is 14.9. The SMILES string of the molecule is COc1ccc(C)cc1NC(=O)N1CCN(CCc2ccccc2)CC1. The Morgan fingerprint density at radius 3 is 2.50 bits per heavy atom. The molecule has 138 valence electrons. The van der Waals surface area contributed by atoms with Crippen LogP contribution in [0.2, 0.25) is 0 Å². The smallest absolute Gasteiger partial charge is 0.322 e. The maximum atomic E-state index is 12.6. The van der Waals surface area contributed by atoms with E-state index in [0.717, 1.165) is 50.4 Å². The molecule has 0 radical (unpaired) electrons. The third-order valence-electron chi connectivity index (χ3n) is 4.82. The van der Waals surface area contributed by atoms with E-state index in [4.69, 9.17) is 4.74 Å². The molecular formula is C21H27N3O2. The molecule has 5 heteroatoms. The van der Waals surface area contributed by atoms with E-state index in [-0.39, 0.29) is 6.03 Å². The van der Waals surface area contributed by atoms with Crippen molar-refractivity contribution in [2.75, 3.05) is 45.2 Å². The maximum absolute atomic E-state index is 12.6. The zero-order valence-corrected chi connectivity index (χ0v) is 15.6. The van der Waals surface area contributed by atoms with E-state index >= 15 is 0 Å². The molecule has 0 aromatic heterocycles. The summed E-state index contributed by atoms with van der Waals surface area (Å²) in [7, 11) is 1.62. The Labute approximate surface area is 155 Å². The van der Waals surface area contributed by atoms with E-state index in [1.807, 2.05) is 36.1 Å². The average Bonchev–Trinajstić information content (AvgIpc) is 2.68. The van der Waals surface area contributed by atoms with Gasteiger partial charge >= 0.3 is 6.03 Å². The maximum Gasteiger partial charge on any atom is 0.322 e. The van der Waals surface area contributed by atoms with Gasteiger partial charge in [-0.05, 0) is 36.6 Å². The molecule has 0 bridgehead atoms. The minimum absolute atomic E-state index is 0.0587. The number of benzene rings is 2. The highest BCUT2D eigenvalue weighted by atomic mass is 16.5. The van der Waals surface area contributed by atoms with Gasteiger partial charge < -0.3 is 15.0 Å². The van der Waals surface area contributed by atoms with Crippen LogP contribution in [0.5, 0.6) is 5.75 Å². The number of carbonyl (C=O) groups excluding carboxylic acids is 1. The van der Waals surface area contributed by atoms with Crippen LogP contribution < -0.4 is 10.1 Å². The van der Waals surface area contributed by atoms with Crippen LogP contribution in [0.1, 0.15) is 11.1 Å². The third-order valence-corrected chi connectivity index (χ3v) is 4.82. The Hall–Kier alpha value is -2.53. The Bertz CT molecular complexity index is 725. The van der Waals surface area contributed by atoms with E-state index in [1.165, 1.54) is 5.56 Å². The van der Waals surface area contributed by atoms with Crippen LogP contribution in [0, 0.1) is 6.92 Å². The molecule has 2 aromatic carbocycles. The number of amides is 2. The van der Waals surface area contributed by atoms with Crippen molar-refractivity contribution < 1.29 is 9.53 Å². The number of piperazine rings is 1. The number of hydrogen-bond acceptors (Lipinski definition) is 3. The number of methoxy groups -OCH3 is 1. The van der Waals surface area contributed by atoms with Crippen LogP contribution in [0.15, 0.2) is 48.5 Å². The fraction of sp³-hybridized carbons (Fsp3) is 0.381. The summed E-state index contributed by atoms with van der Waals surface area (Å²) in [6, 6.07) is 16.3. The minimum Gasteiger partial charge on any atom is -0.495 e. The Kier molecular flexibility index (Phi) is 6.12. The highest BCUT2D eigenvalue weighted by Crippen LogP contribution is 2.25. The van der Waals surface area contributed by atoms with Crippen LogP contribution in [0.4, 0.5) is 10.5 Å². The number of urea groups is 1. The van der Waals surface area contributed by atoms with Crippen molar-refractivity contribution in [3.05, 3.63) is 59.7 Å². The molecule has 0 unspecified atom stereocenters. The number of hydrogen-bond donors (Lipinski definition) is 1.